The average Bonchev–Trinajstić information content (AvgIpc) is 3.43. The SMILES string of the molecule is O=C(Cn1cccn1)N1CCCC(Nc2ccnc(-c3cnc4ccc(F)cn34)n2)C1. The van der Waals surface area contributed by atoms with Crippen LogP contribution in [0.1, 0.15) is 12.8 Å². The first-order chi connectivity index (χ1) is 15.2. The third-order valence-corrected chi connectivity index (χ3v) is 5.34. The van der Waals surface area contributed by atoms with E-state index >= 15 is 0 Å². The van der Waals surface area contributed by atoms with Gasteiger partial charge in [-0.15, -0.1) is 0 Å². The summed E-state index contributed by atoms with van der Waals surface area (Å²) in [6.45, 7) is 1.57. The number of nitrogens with zero attached hydrogens (tertiary/aromatic N) is 7. The van der Waals surface area contributed by atoms with Crippen LogP contribution in [0.3, 0.4) is 0 Å². The Balaban J connectivity index is 1.30. The van der Waals surface area contributed by atoms with Crippen LogP contribution in [0.5, 0.6) is 0 Å². The first-order valence-corrected chi connectivity index (χ1v) is 10.1. The summed E-state index contributed by atoms with van der Waals surface area (Å²) in [4.78, 5) is 27.7. The molecule has 4 aromatic heterocycles. The molecule has 31 heavy (non-hydrogen) atoms. The summed E-state index contributed by atoms with van der Waals surface area (Å²) in [5.74, 6) is 0.794. The number of pyridine rings is 1. The summed E-state index contributed by atoms with van der Waals surface area (Å²) in [7, 11) is 0. The number of anilines is 1. The highest BCUT2D eigenvalue weighted by atomic mass is 19.1. The minimum absolute atomic E-state index is 0.0475. The summed E-state index contributed by atoms with van der Waals surface area (Å²) in [6, 6.07) is 6.65. The van der Waals surface area contributed by atoms with E-state index in [-0.39, 0.29) is 24.3 Å². The summed E-state index contributed by atoms with van der Waals surface area (Å²) >= 11 is 0. The van der Waals surface area contributed by atoms with Crippen molar-refractivity contribution in [2.45, 2.75) is 25.4 Å². The van der Waals surface area contributed by atoms with E-state index in [1.54, 1.807) is 52.1 Å². The Morgan fingerprint density at radius 3 is 3.03 bits per heavy atom. The van der Waals surface area contributed by atoms with Gasteiger partial charge >= 0.3 is 0 Å². The maximum absolute atomic E-state index is 13.7. The molecule has 9 nitrogen and oxygen atoms in total. The molecule has 1 unspecified atom stereocenters. The van der Waals surface area contributed by atoms with Gasteiger partial charge in [0.15, 0.2) is 5.82 Å². The van der Waals surface area contributed by atoms with Gasteiger partial charge in [-0.3, -0.25) is 13.9 Å². The lowest BCUT2D eigenvalue weighted by atomic mass is 10.1. The molecule has 1 fully saturated rings. The molecule has 1 amide bonds. The summed E-state index contributed by atoms with van der Waals surface area (Å²) < 4.78 is 16.9. The highest BCUT2D eigenvalue weighted by molar-refractivity contribution is 5.76. The van der Waals surface area contributed by atoms with E-state index in [2.05, 4.69) is 25.4 Å². The molecule has 158 valence electrons. The zero-order valence-electron chi connectivity index (χ0n) is 16.7. The number of rotatable bonds is 5. The molecule has 5 rings (SSSR count). The number of aromatic nitrogens is 6. The number of carbonyl (C=O) groups excluding carboxylic acids is 1. The van der Waals surface area contributed by atoms with Crippen LogP contribution in [0.15, 0.2) is 55.2 Å². The molecule has 1 saturated heterocycles. The van der Waals surface area contributed by atoms with E-state index in [0.29, 0.717) is 29.5 Å². The molecule has 0 spiro atoms. The van der Waals surface area contributed by atoms with Gasteiger partial charge in [-0.25, -0.2) is 19.3 Å². The van der Waals surface area contributed by atoms with Crippen LogP contribution in [0.25, 0.3) is 17.2 Å². The predicted octanol–water partition coefficient (Wildman–Crippen LogP) is 2.23. The maximum atomic E-state index is 13.7. The zero-order valence-corrected chi connectivity index (χ0v) is 16.7. The fourth-order valence-electron chi connectivity index (χ4n) is 3.85. The fourth-order valence-corrected chi connectivity index (χ4v) is 3.85. The lowest BCUT2D eigenvalue weighted by Crippen LogP contribution is -2.46. The van der Waals surface area contributed by atoms with Crippen molar-refractivity contribution in [1.82, 2.24) is 34.0 Å². The van der Waals surface area contributed by atoms with Crippen molar-refractivity contribution in [1.29, 1.82) is 0 Å². The average molecular weight is 420 g/mol. The quantitative estimate of drug-likeness (QED) is 0.532. The zero-order chi connectivity index (χ0) is 21.2. The molecule has 0 aromatic carbocycles. The smallest absolute Gasteiger partial charge is 0.244 e. The first-order valence-electron chi connectivity index (χ1n) is 10.1. The highest BCUT2D eigenvalue weighted by Gasteiger charge is 2.24. The minimum atomic E-state index is -0.358. The van der Waals surface area contributed by atoms with Crippen molar-refractivity contribution in [3.8, 4) is 11.5 Å². The van der Waals surface area contributed by atoms with Crippen LogP contribution < -0.4 is 5.32 Å². The van der Waals surface area contributed by atoms with Crippen LogP contribution in [0.4, 0.5) is 10.2 Å². The number of hydrogen-bond donors (Lipinski definition) is 1. The van der Waals surface area contributed by atoms with Gasteiger partial charge in [0.2, 0.25) is 5.91 Å². The largest absolute Gasteiger partial charge is 0.365 e. The predicted molar refractivity (Wildman–Crippen MR) is 112 cm³/mol. The van der Waals surface area contributed by atoms with Gasteiger partial charge < -0.3 is 10.2 Å². The Hall–Kier alpha value is -3.82. The van der Waals surface area contributed by atoms with Crippen LogP contribution in [0.2, 0.25) is 0 Å². The monoisotopic (exact) mass is 420 g/mol. The Labute approximate surface area is 177 Å². The number of nitrogens with one attached hydrogen (secondary N) is 1. The van der Waals surface area contributed by atoms with Crippen LogP contribution in [0, 0.1) is 5.82 Å². The summed E-state index contributed by atoms with van der Waals surface area (Å²) in [5, 5.41) is 7.52. The molecule has 0 saturated carbocycles. The molecule has 1 aliphatic heterocycles. The molecule has 5 heterocycles. The van der Waals surface area contributed by atoms with Crippen molar-refractivity contribution in [2.24, 2.45) is 0 Å². The number of likely N-dealkylation sites (tertiary alicyclic amines) is 1. The van der Waals surface area contributed by atoms with Gasteiger partial charge in [0, 0.05) is 43.9 Å². The number of fused-ring (bicyclic) bond motifs is 1. The fraction of sp³-hybridized carbons (Fsp3) is 0.286. The van der Waals surface area contributed by atoms with Crippen LogP contribution in [-0.2, 0) is 11.3 Å². The molecular formula is C21H21FN8O. The van der Waals surface area contributed by atoms with E-state index in [1.807, 2.05) is 4.90 Å². The van der Waals surface area contributed by atoms with E-state index in [0.717, 1.165) is 19.4 Å². The Morgan fingerprint density at radius 2 is 2.16 bits per heavy atom. The number of hydrogen-bond acceptors (Lipinski definition) is 6. The van der Waals surface area contributed by atoms with Crippen LogP contribution in [-0.4, -0.2) is 59.1 Å². The normalized spacial score (nSPS) is 16.5. The number of halogens is 1. The Kier molecular flexibility index (Phi) is 5.03. The molecule has 1 N–H and O–H groups in total. The van der Waals surface area contributed by atoms with Gasteiger partial charge in [0.05, 0.1) is 6.20 Å². The van der Waals surface area contributed by atoms with Gasteiger partial charge in [-0.1, -0.05) is 0 Å². The second kappa shape index (κ2) is 8.13. The van der Waals surface area contributed by atoms with Gasteiger partial charge in [0.1, 0.15) is 29.5 Å². The van der Waals surface area contributed by atoms with Crippen molar-refractivity contribution in [3.63, 3.8) is 0 Å². The van der Waals surface area contributed by atoms with Crippen molar-refractivity contribution < 1.29 is 9.18 Å². The molecule has 0 aliphatic carbocycles. The third kappa shape index (κ3) is 4.09. The number of carbonyl (C=O) groups is 1. The van der Waals surface area contributed by atoms with Gasteiger partial charge in [-0.05, 0) is 37.1 Å². The number of piperidine rings is 1. The lowest BCUT2D eigenvalue weighted by Gasteiger charge is -2.33. The van der Waals surface area contributed by atoms with E-state index in [9.17, 15) is 9.18 Å². The number of amides is 1. The standard InChI is InChI=1S/C21H21FN8O/c22-15-4-5-19-24-11-17(30(19)12-15)21-23-8-6-18(27-21)26-16-3-1-9-28(13-16)20(31)14-29-10-2-7-25-29/h2,4-8,10-12,16H,1,3,9,13-14H2,(H,23,26,27). The molecule has 1 aliphatic rings. The van der Waals surface area contributed by atoms with Gasteiger partial charge in [-0.2, -0.15) is 5.10 Å². The molecule has 0 bridgehead atoms. The Bertz CT molecular complexity index is 1210. The molecule has 4 aromatic rings. The van der Waals surface area contributed by atoms with Crippen molar-refractivity contribution >= 4 is 17.4 Å². The van der Waals surface area contributed by atoms with Crippen LogP contribution >= 0.6 is 0 Å². The molecular weight excluding hydrogens is 399 g/mol. The van der Waals surface area contributed by atoms with E-state index in [4.69, 9.17) is 0 Å². The second-order valence-electron chi connectivity index (χ2n) is 7.51. The topological polar surface area (TPSA) is 93.2 Å². The highest BCUT2D eigenvalue weighted by Crippen LogP contribution is 2.20. The van der Waals surface area contributed by atoms with Gasteiger partial charge in [0.25, 0.3) is 0 Å². The molecule has 10 heteroatoms. The maximum Gasteiger partial charge on any atom is 0.244 e. The van der Waals surface area contributed by atoms with E-state index < -0.39 is 0 Å². The summed E-state index contributed by atoms with van der Waals surface area (Å²) in [6.07, 6.45) is 9.95. The van der Waals surface area contributed by atoms with E-state index in [1.165, 1.54) is 12.3 Å². The minimum Gasteiger partial charge on any atom is -0.365 e. The second-order valence-corrected chi connectivity index (χ2v) is 7.51. The number of imidazole rings is 1. The van der Waals surface area contributed by atoms with Crippen molar-refractivity contribution in [3.05, 3.63) is 61.1 Å². The third-order valence-electron chi connectivity index (χ3n) is 5.34. The summed E-state index contributed by atoms with van der Waals surface area (Å²) in [5.41, 5.74) is 1.23. The van der Waals surface area contributed by atoms with Crippen molar-refractivity contribution in [2.75, 3.05) is 18.4 Å². The Morgan fingerprint density at radius 1 is 1.23 bits per heavy atom. The molecule has 0 radical (unpaired) electrons. The lowest BCUT2D eigenvalue weighted by molar-refractivity contribution is -0.133. The molecule has 1 atom stereocenters. The first kappa shape index (κ1) is 19.2.